The highest BCUT2D eigenvalue weighted by molar-refractivity contribution is 5.91. The molecule has 2 rings (SSSR count). The van der Waals surface area contributed by atoms with Crippen LogP contribution in [0.4, 0.5) is 5.69 Å². The predicted octanol–water partition coefficient (Wildman–Crippen LogP) is 1.20. The van der Waals surface area contributed by atoms with Crippen LogP contribution in [0.25, 0.3) is 0 Å². The van der Waals surface area contributed by atoms with Gasteiger partial charge in [-0.25, -0.2) is 0 Å². The lowest BCUT2D eigenvalue weighted by Crippen LogP contribution is -2.30. The van der Waals surface area contributed by atoms with E-state index in [4.69, 9.17) is 9.47 Å². The van der Waals surface area contributed by atoms with Crippen molar-refractivity contribution >= 4 is 17.5 Å². The molecule has 1 N–H and O–H groups in total. The van der Waals surface area contributed by atoms with Crippen LogP contribution in [0.5, 0.6) is 11.5 Å². The number of hydrogen-bond donors (Lipinski definition) is 1. The summed E-state index contributed by atoms with van der Waals surface area (Å²) in [5.41, 5.74) is 0.690. The fraction of sp³-hybridized carbons (Fsp3) is 0.529. The number of anilines is 1. The molecule has 7 nitrogen and oxygen atoms in total. The molecule has 1 aliphatic heterocycles. The van der Waals surface area contributed by atoms with Crippen molar-refractivity contribution < 1.29 is 19.1 Å². The van der Waals surface area contributed by atoms with Gasteiger partial charge in [-0.1, -0.05) is 0 Å². The van der Waals surface area contributed by atoms with Crippen LogP contribution in [0.3, 0.4) is 0 Å². The molecule has 0 saturated carbocycles. The van der Waals surface area contributed by atoms with Gasteiger partial charge < -0.3 is 24.6 Å². The summed E-state index contributed by atoms with van der Waals surface area (Å²) in [6.45, 7) is 2.29. The fourth-order valence-electron chi connectivity index (χ4n) is 2.26. The van der Waals surface area contributed by atoms with Gasteiger partial charge in [0.2, 0.25) is 11.8 Å². The van der Waals surface area contributed by atoms with E-state index in [1.165, 1.54) is 0 Å². The smallest absolute Gasteiger partial charge is 0.225 e. The normalized spacial score (nSPS) is 12.8. The summed E-state index contributed by atoms with van der Waals surface area (Å²) < 4.78 is 10.9. The van der Waals surface area contributed by atoms with E-state index in [1.54, 1.807) is 37.2 Å². The number of carbonyl (C=O) groups is 2. The summed E-state index contributed by atoms with van der Waals surface area (Å²) in [6, 6.07) is 5.36. The molecule has 0 unspecified atom stereocenters. The Balaban J connectivity index is 1.74. The summed E-state index contributed by atoms with van der Waals surface area (Å²) in [5.74, 6) is 1.36. The first-order valence-electron chi connectivity index (χ1n) is 8.04. The molecule has 0 bridgehead atoms. The second-order valence-corrected chi connectivity index (χ2v) is 6.00. The van der Waals surface area contributed by atoms with Gasteiger partial charge in [0, 0.05) is 51.8 Å². The van der Waals surface area contributed by atoms with Crippen molar-refractivity contribution in [1.82, 2.24) is 9.80 Å². The van der Waals surface area contributed by atoms with E-state index < -0.39 is 0 Å². The Hall–Kier alpha value is -2.28. The van der Waals surface area contributed by atoms with Crippen molar-refractivity contribution in [2.75, 3.05) is 52.8 Å². The van der Waals surface area contributed by atoms with E-state index in [9.17, 15) is 9.59 Å². The van der Waals surface area contributed by atoms with E-state index in [1.807, 2.05) is 11.9 Å². The molecular formula is C17H25N3O4. The fourth-order valence-corrected chi connectivity index (χ4v) is 2.26. The minimum absolute atomic E-state index is 0.0718. The highest BCUT2D eigenvalue weighted by Gasteiger charge is 2.13. The summed E-state index contributed by atoms with van der Waals surface area (Å²) in [7, 11) is 5.38. The molecule has 1 heterocycles. The van der Waals surface area contributed by atoms with Gasteiger partial charge in [0.05, 0.1) is 0 Å². The minimum Gasteiger partial charge on any atom is -0.486 e. The zero-order valence-corrected chi connectivity index (χ0v) is 14.5. The van der Waals surface area contributed by atoms with Gasteiger partial charge in [-0.15, -0.1) is 0 Å². The van der Waals surface area contributed by atoms with Gasteiger partial charge in [-0.2, -0.15) is 0 Å². The zero-order valence-electron chi connectivity index (χ0n) is 14.5. The number of rotatable bonds is 7. The molecule has 132 valence electrons. The molecule has 1 aromatic rings. The lowest BCUT2D eigenvalue weighted by atomic mass is 10.2. The molecular weight excluding hydrogens is 310 g/mol. The van der Waals surface area contributed by atoms with Crippen LogP contribution in [-0.4, -0.2) is 69.1 Å². The van der Waals surface area contributed by atoms with Crippen LogP contribution >= 0.6 is 0 Å². The average molecular weight is 335 g/mol. The number of ether oxygens (including phenoxy) is 2. The number of amides is 2. The summed E-state index contributed by atoms with van der Waals surface area (Å²) in [6.07, 6.45) is 0.814. The Kier molecular flexibility index (Phi) is 6.43. The standard InChI is InChI=1S/C17H25N3O4/c1-19(2)17(22)7-9-20(3)8-6-16(21)18-13-4-5-14-15(12-13)24-11-10-23-14/h4-5,12H,6-11H2,1-3H3,(H,18,21). The van der Waals surface area contributed by atoms with Crippen LogP contribution in [0.15, 0.2) is 18.2 Å². The van der Waals surface area contributed by atoms with Gasteiger partial charge in [-0.3, -0.25) is 9.59 Å². The third kappa shape index (κ3) is 5.42. The molecule has 0 spiro atoms. The Bertz CT molecular complexity index is 589. The quantitative estimate of drug-likeness (QED) is 0.811. The third-order valence-electron chi connectivity index (χ3n) is 3.75. The van der Waals surface area contributed by atoms with Crippen LogP contribution in [0, 0.1) is 0 Å². The summed E-state index contributed by atoms with van der Waals surface area (Å²) >= 11 is 0. The second-order valence-electron chi connectivity index (χ2n) is 6.00. The Morgan fingerprint density at radius 2 is 1.71 bits per heavy atom. The molecule has 7 heteroatoms. The average Bonchev–Trinajstić information content (AvgIpc) is 2.57. The van der Waals surface area contributed by atoms with Crippen molar-refractivity contribution in [1.29, 1.82) is 0 Å². The highest BCUT2D eigenvalue weighted by Crippen LogP contribution is 2.32. The second kappa shape index (κ2) is 8.54. The lowest BCUT2D eigenvalue weighted by molar-refractivity contribution is -0.128. The number of fused-ring (bicyclic) bond motifs is 1. The van der Waals surface area contributed by atoms with Gasteiger partial charge in [0.1, 0.15) is 13.2 Å². The molecule has 1 aliphatic rings. The molecule has 0 radical (unpaired) electrons. The molecule has 2 amide bonds. The SMILES string of the molecule is CN(CCC(=O)Nc1ccc2c(c1)OCCO2)CCC(=O)N(C)C. The van der Waals surface area contributed by atoms with Crippen LogP contribution in [0.2, 0.25) is 0 Å². The molecule has 0 aliphatic carbocycles. The maximum absolute atomic E-state index is 12.0. The van der Waals surface area contributed by atoms with Crippen LogP contribution < -0.4 is 14.8 Å². The minimum atomic E-state index is -0.0718. The largest absolute Gasteiger partial charge is 0.486 e. The number of nitrogens with zero attached hydrogens (tertiary/aromatic N) is 2. The first kappa shape index (κ1) is 18.1. The van der Waals surface area contributed by atoms with Crippen molar-refractivity contribution in [2.45, 2.75) is 12.8 Å². The molecule has 1 aromatic carbocycles. The van der Waals surface area contributed by atoms with E-state index in [0.717, 1.165) is 0 Å². The monoisotopic (exact) mass is 335 g/mol. The molecule has 24 heavy (non-hydrogen) atoms. The van der Waals surface area contributed by atoms with Crippen molar-refractivity contribution in [2.24, 2.45) is 0 Å². The van der Waals surface area contributed by atoms with Crippen molar-refractivity contribution in [3.63, 3.8) is 0 Å². The number of carbonyl (C=O) groups excluding carboxylic acids is 2. The lowest BCUT2D eigenvalue weighted by Gasteiger charge is -2.19. The molecule has 0 atom stereocenters. The van der Waals surface area contributed by atoms with Gasteiger partial charge in [0.15, 0.2) is 11.5 Å². The zero-order chi connectivity index (χ0) is 17.5. The summed E-state index contributed by atoms with van der Waals surface area (Å²) in [4.78, 5) is 27.1. The Morgan fingerprint density at radius 1 is 1.04 bits per heavy atom. The van der Waals surface area contributed by atoms with E-state index in [-0.39, 0.29) is 11.8 Å². The van der Waals surface area contributed by atoms with E-state index >= 15 is 0 Å². The molecule has 0 saturated heterocycles. The Morgan fingerprint density at radius 3 is 2.42 bits per heavy atom. The van der Waals surface area contributed by atoms with E-state index in [0.29, 0.717) is 56.3 Å². The topological polar surface area (TPSA) is 71.1 Å². The molecule has 0 aromatic heterocycles. The number of nitrogens with one attached hydrogen (secondary N) is 1. The maximum Gasteiger partial charge on any atom is 0.225 e. The first-order chi connectivity index (χ1) is 11.5. The van der Waals surface area contributed by atoms with Crippen LogP contribution in [0.1, 0.15) is 12.8 Å². The Labute approximate surface area is 142 Å². The third-order valence-corrected chi connectivity index (χ3v) is 3.75. The summed E-state index contributed by atoms with van der Waals surface area (Å²) in [5, 5.41) is 2.85. The van der Waals surface area contributed by atoms with Crippen molar-refractivity contribution in [3.05, 3.63) is 18.2 Å². The maximum atomic E-state index is 12.0. The van der Waals surface area contributed by atoms with Crippen molar-refractivity contribution in [3.8, 4) is 11.5 Å². The van der Waals surface area contributed by atoms with Crippen LogP contribution in [-0.2, 0) is 9.59 Å². The number of benzene rings is 1. The predicted molar refractivity (Wildman–Crippen MR) is 91.5 cm³/mol. The first-order valence-corrected chi connectivity index (χ1v) is 8.04. The molecule has 0 fully saturated rings. The van der Waals surface area contributed by atoms with E-state index in [2.05, 4.69) is 5.32 Å². The van der Waals surface area contributed by atoms with Gasteiger partial charge >= 0.3 is 0 Å². The van der Waals surface area contributed by atoms with Gasteiger partial charge in [0.25, 0.3) is 0 Å². The highest BCUT2D eigenvalue weighted by atomic mass is 16.6. The van der Waals surface area contributed by atoms with Gasteiger partial charge in [-0.05, 0) is 19.2 Å². The number of hydrogen-bond acceptors (Lipinski definition) is 5.